The quantitative estimate of drug-likeness (QED) is 0.745. The number of nitrogens with two attached hydrogens (primary N) is 1. The summed E-state index contributed by atoms with van der Waals surface area (Å²) in [5.41, 5.74) is 9.75. The van der Waals surface area contributed by atoms with Crippen molar-refractivity contribution in [3.63, 3.8) is 0 Å². The Morgan fingerprint density at radius 1 is 1.22 bits per heavy atom. The maximum Gasteiger partial charge on any atom is 0.211 e. The van der Waals surface area contributed by atoms with E-state index in [1.54, 1.807) is 0 Å². The van der Waals surface area contributed by atoms with Gasteiger partial charge in [-0.3, -0.25) is 0 Å². The van der Waals surface area contributed by atoms with Gasteiger partial charge < -0.3 is 10.3 Å². The molecule has 0 aromatic carbocycles. The van der Waals surface area contributed by atoms with E-state index in [9.17, 15) is 8.42 Å². The van der Waals surface area contributed by atoms with Crippen LogP contribution in [0.25, 0.3) is 11.0 Å². The molecule has 2 aromatic heterocycles. The number of pyridine rings is 1. The van der Waals surface area contributed by atoms with Gasteiger partial charge in [0, 0.05) is 18.7 Å². The van der Waals surface area contributed by atoms with Crippen LogP contribution in [0.2, 0.25) is 0 Å². The van der Waals surface area contributed by atoms with Crippen molar-refractivity contribution in [1.82, 2.24) is 19.3 Å². The van der Waals surface area contributed by atoms with Gasteiger partial charge in [-0.2, -0.15) is 0 Å². The fourth-order valence-electron chi connectivity index (χ4n) is 2.72. The van der Waals surface area contributed by atoms with E-state index in [1.807, 2.05) is 13.8 Å². The summed E-state index contributed by atoms with van der Waals surface area (Å²) in [6.07, 6.45) is 2.16. The first-order valence-electron chi connectivity index (χ1n) is 7.83. The molecule has 0 unspecified atom stereocenters. The van der Waals surface area contributed by atoms with Gasteiger partial charge in [-0.1, -0.05) is 6.92 Å². The summed E-state index contributed by atoms with van der Waals surface area (Å²) in [6, 6.07) is 0. The van der Waals surface area contributed by atoms with Crippen molar-refractivity contribution < 1.29 is 8.42 Å². The van der Waals surface area contributed by atoms with Crippen molar-refractivity contribution >= 4 is 26.9 Å². The van der Waals surface area contributed by atoms with E-state index in [4.69, 9.17) is 5.73 Å². The normalized spacial score (nSPS) is 12.2. The molecule has 0 aliphatic rings. The van der Waals surface area contributed by atoms with Gasteiger partial charge >= 0.3 is 0 Å². The average molecular weight is 339 g/mol. The summed E-state index contributed by atoms with van der Waals surface area (Å²) in [4.78, 5) is 8.97. The van der Waals surface area contributed by atoms with Gasteiger partial charge in [0.2, 0.25) is 10.0 Å². The van der Waals surface area contributed by atoms with Crippen molar-refractivity contribution in [2.45, 2.75) is 46.6 Å². The van der Waals surface area contributed by atoms with Crippen molar-refractivity contribution in [3.8, 4) is 0 Å². The van der Waals surface area contributed by atoms with Crippen molar-refractivity contribution in [3.05, 3.63) is 17.1 Å². The SMILES string of the molecule is CCc1nc2c(N)nc(C)c(C)c2n1CCCCS(=O)(=O)NC. The second-order valence-electron chi connectivity index (χ2n) is 5.67. The monoisotopic (exact) mass is 339 g/mol. The molecule has 7 nitrogen and oxygen atoms in total. The summed E-state index contributed by atoms with van der Waals surface area (Å²) < 4.78 is 27.5. The third-order valence-corrected chi connectivity index (χ3v) is 5.60. The summed E-state index contributed by atoms with van der Waals surface area (Å²) in [5.74, 6) is 1.55. The van der Waals surface area contributed by atoms with Crippen LogP contribution in [0, 0.1) is 13.8 Å². The molecular weight excluding hydrogens is 314 g/mol. The molecule has 0 saturated heterocycles. The van der Waals surface area contributed by atoms with Crippen LogP contribution < -0.4 is 10.5 Å². The van der Waals surface area contributed by atoms with E-state index >= 15 is 0 Å². The molecule has 0 aliphatic heterocycles. The van der Waals surface area contributed by atoms with Crippen molar-refractivity contribution in [2.24, 2.45) is 0 Å². The molecule has 2 aromatic rings. The summed E-state index contributed by atoms with van der Waals surface area (Å²) in [5, 5.41) is 0. The third-order valence-electron chi connectivity index (χ3n) is 4.15. The molecule has 2 rings (SSSR count). The predicted molar refractivity (Wildman–Crippen MR) is 92.9 cm³/mol. The number of aromatic nitrogens is 3. The van der Waals surface area contributed by atoms with Gasteiger partial charge in [0.15, 0.2) is 5.82 Å². The number of anilines is 1. The molecule has 0 atom stereocenters. The van der Waals surface area contributed by atoms with E-state index < -0.39 is 10.0 Å². The minimum absolute atomic E-state index is 0.138. The number of unbranched alkanes of at least 4 members (excludes halogenated alkanes) is 1. The molecule has 0 bridgehead atoms. The number of imidazole rings is 1. The first-order valence-corrected chi connectivity index (χ1v) is 9.49. The summed E-state index contributed by atoms with van der Waals surface area (Å²) >= 11 is 0. The number of fused-ring (bicyclic) bond motifs is 1. The predicted octanol–water partition coefficient (Wildman–Crippen LogP) is 1.52. The van der Waals surface area contributed by atoms with Crippen LogP contribution >= 0.6 is 0 Å². The number of nitrogens with zero attached hydrogens (tertiary/aromatic N) is 3. The molecule has 0 spiro atoms. The number of hydrogen-bond donors (Lipinski definition) is 2. The largest absolute Gasteiger partial charge is 0.382 e. The number of sulfonamides is 1. The van der Waals surface area contributed by atoms with Crippen LogP contribution in [0.3, 0.4) is 0 Å². The summed E-state index contributed by atoms with van der Waals surface area (Å²) in [7, 11) is -1.70. The molecule has 128 valence electrons. The first kappa shape index (κ1) is 17.7. The Hall–Kier alpha value is -1.67. The standard InChI is InChI=1S/C15H25N5O2S/c1-5-12-19-13-14(10(2)11(3)18-15(13)16)20(12)8-6-7-9-23(21,22)17-4/h17H,5-9H2,1-4H3,(H2,16,18). The molecule has 3 N–H and O–H groups in total. The molecule has 2 heterocycles. The number of nitrogens with one attached hydrogen (secondary N) is 1. The second kappa shape index (κ2) is 6.84. The second-order valence-corrected chi connectivity index (χ2v) is 7.71. The van der Waals surface area contributed by atoms with E-state index in [1.165, 1.54) is 7.05 Å². The van der Waals surface area contributed by atoms with Crippen LogP contribution in [0.1, 0.15) is 36.8 Å². The molecule has 23 heavy (non-hydrogen) atoms. The fraction of sp³-hybridized carbons (Fsp3) is 0.600. The Morgan fingerprint density at radius 2 is 1.91 bits per heavy atom. The lowest BCUT2D eigenvalue weighted by atomic mass is 10.2. The van der Waals surface area contributed by atoms with E-state index in [0.717, 1.165) is 47.5 Å². The highest BCUT2D eigenvalue weighted by atomic mass is 32.2. The zero-order valence-electron chi connectivity index (χ0n) is 14.2. The fourth-order valence-corrected chi connectivity index (χ4v) is 3.51. The minimum Gasteiger partial charge on any atom is -0.382 e. The highest BCUT2D eigenvalue weighted by Gasteiger charge is 2.16. The van der Waals surface area contributed by atoms with E-state index in [-0.39, 0.29) is 5.75 Å². The highest BCUT2D eigenvalue weighted by Crippen LogP contribution is 2.26. The van der Waals surface area contributed by atoms with E-state index in [0.29, 0.717) is 12.2 Å². The van der Waals surface area contributed by atoms with Gasteiger partial charge in [-0.15, -0.1) is 0 Å². The minimum atomic E-state index is -3.15. The topological polar surface area (TPSA) is 103 Å². The van der Waals surface area contributed by atoms with E-state index in [2.05, 4.69) is 26.2 Å². The Balaban J connectivity index is 2.29. The molecule has 0 aliphatic carbocycles. The molecular formula is C15H25N5O2S. The highest BCUT2D eigenvalue weighted by molar-refractivity contribution is 7.89. The Kier molecular flexibility index (Phi) is 5.26. The zero-order valence-corrected chi connectivity index (χ0v) is 15.0. The lowest BCUT2D eigenvalue weighted by Crippen LogP contribution is -2.22. The maximum absolute atomic E-state index is 11.5. The van der Waals surface area contributed by atoms with Gasteiger partial charge in [0.1, 0.15) is 11.3 Å². The molecule has 8 heteroatoms. The van der Waals surface area contributed by atoms with Gasteiger partial charge in [-0.05, 0) is 39.3 Å². The summed E-state index contributed by atoms with van der Waals surface area (Å²) in [6.45, 7) is 6.73. The number of rotatable bonds is 7. The van der Waals surface area contributed by atoms with Crippen LogP contribution in [-0.2, 0) is 23.0 Å². The zero-order chi connectivity index (χ0) is 17.2. The number of aryl methyl sites for hydroxylation is 4. The Bertz CT molecular complexity index is 811. The van der Waals surface area contributed by atoms with Crippen LogP contribution in [0.5, 0.6) is 0 Å². The Morgan fingerprint density at radius 3 is 2.52 bits per heavy atom. The average Bonchev–Trinajstić information content (AvgIpc) is 2.88. The maximum atomic E-state index is 11.5. The van der Waals surface area contributed by atoms with Crippen molar-refractivity contribution in [2.75, 3.05) is 18.5 Å². The molecule has 0 fully saturated rings. The van der Waals surface area contributed by atoms with Gasteiger partial charge in [-0.25, -0.2) is 23.1 Å². The molecule has 0 radical (unpaired) electrons. The van der Waals surface area contributed by atoms with Crippen LogP contribution in [-0.4, -0.2) is 35.8 Å². The first-order chi connectivity index (χ1) is 10.8. The van der Waals surface area contributed by atoms with Gasteiger partial charge in [0.25, 0.3) is 0 Å². The van der Waals surface area contributed by atoms with Gasteiger partial charge in [0.05, 0.1) is 11.3 Å². The number of hydrogen-bond acceptors (Lipinski definition) is 5. The van der Waals surface area contributed by atoms with Crippen LogP contribution in [0.4, 0.5) is 5.82 Å². The third kappa shape index (κ3) is 3.64. The van der Waals surface area contributed by atoms with Crippen molar-refractivity contribution in [1.29, 1.82) is 0 Å². The smallest absolute Gasteiger partial charge is 0.211 e. The number of nitrogen functional groups attached to an aromatic ring is 1. The lowest BCUT2D eigenvalue weighted by molar-refractivity contribution is 0.574. The van der Waals surface area contributed by atoms with Crippen LogP contribution in [0.15, 0.2) is 0 Å². The molecule has 0 amide bonds. The lowest BCUT2D eigenvalue weighted by Gasteiger charge is -2.11. The molecule has 0 saturated carbocycles. The Labute approximate surface area is 137 Å².